The van der Waals surface area contributed by atoms with E-state index >= 15 is 0 Å². The van der Waals surface area contributed by atoms with Crippen LogP contribution < -0.4 is 11.2 Å². The number of ether oxygens (including phenoxy) is 1. The van der Waals surface area contributed by atoms with Crippen molar-refractivity contribution in [1.29, 1.82) is 0 Å². The Bertz CT molecular complexity index is 699. The fourth-order valence-corrected chi connectivity index (χ4v) is 3.65. The smallest absolute Gasteiger partial charge is 0.394 e. The second-order valence-electron chi connectivity index (χ2n) is 4.53. The highest BCUT2D eigenvalue weighted by Crippen LogP contribution is 2.61. The van der Waals surface area contributed by atoms with E-state index in [2.05, 4.69) is 4.98 Å². The fraction of sp³-hybridized carbons (Fsp3) is 0.600. The minimum absolute atomic E-state index is 0.414. The first-order valence-electron chi connectivity index (χ1n) is 6.08. The molecule has 0 spiro atoms. The number of rotatable bonds is 3. The molecule has 3 heterocycles. The minimum atomic E-state index is -3.74. The first-order valence-corrected chi connectivity index (χ1v) is 7.54. The van der Waals surface area contributed by atoms with E-state index in [9.17, 15) is 19.3 Å². The Balaban J connectivity index is 1.98. The monoisotopic (exact) mass is 320 g/mol. The molecule has 0 aromatic carbocycles. The molecule has 1 aromatic heterocycles. The second-order valence-corrected chi connectivity index (χ2v) is 6.22. The summed E-state index contributed by atoms with van der Waals surface area (Å²) in [4.78, 5) is 25.0. The first-order chi connectivity index (χ1) is 9.97. The number of hydrogen-bond acceptors (Lipinski definition) is 8. The molecule has 21 heavy (non-hydrogen) atoms. The Hall–Kier alpha value is -1.29. The van der Waals surface area contributed by atoms with Gasteiger partial charge in [-0.15, -0.1) is 0 Å². The predicted octanol–water partition coefficient (Wildman–Crippen LogP) is -1.04. The number of aromatic amines is 1. The molecular formula is C10H13N2O8P. The molecule has 11 heteroatoms. The summed E-state index contributed by atoms with van der Waals surface area (Å²) in [5, 5.41) is 9.30. The molecule has 3 unspecified atom stereocenters. The van der Waals surface area contributed by atoms with Gasteiger partial charge in [-0.25, -0.2) is 9.36 Å². The summed E-state index contributed by atoms with van der Waals surface area (Å²) in [5.41, 5.74) is -1.27. The average molecular weight is 320 g/mol. The standard InChI is InChI=1S/C10H13N2O8P/c1-17-21(16)19-7-5(4-13)18-9(8(7)20-21)12-3-2-6(14)11-10(12)15/h2-3,5,7-9,13H,4H2,1H3,(H,11,14,15)/t5-,7?,8?,9-,21?/m1/s1. The van der Waals surface area contributed by atoms with Crippen LogP contribution in [0.5, 0.6) is 0 Å². The van der Waals surface area contributed by atoms with Gasteiger partial charge in [-0.05, 0) is 0 Å². The second kappa shape index (κ2) is 5.16. The largest absolute Gasteiger partial charge is 0.475 e. The molecule has 0 bridgehead atoms. The Morgan fingerprint density at radius 1 is 1.43 bits per heavy atom. The van der Waals surface area contributed by atoms with E-state index in [0.717, 1.165) is 17.7 Å². The van der Waals surface area contributed by atoms with Gasteiger partial charge in [-0.2, -0.15) is 0 Å². The van der Waals surface area contributed by atoms with Crippen molar-refractivity contribution in [2.75, 3.05) is 13.7 Å². The number of fused-ring (bicyclic) bond motifs is 1. The number of nitrogens with zero attached hydrogens (tertiary/aromatic N) is 1. The van der Waals surface area contributed by atoms with E-state index in [1.54, 1.807) is 0 Å². The third kappa shape index (κ3) is 2.39. The Labute approximate surface area is 117 Å². The highest BCUT2D eigenvalue weighted by atomic mass is 31.2. The van der Waals surface area contributed by atoms with Gasteiger partial charge in [0.1, 0.15) is 18.3 Å². The maximum Gasteiger partial charge on any atom is 0.475 e. The molecular weight excluding hydrogens is 307 g/mol. The summed E-state index contributed by atoms with van der Waals surface area (Å²) in [5.74, 6) is 0. The number of aromatic nitrogens is 2. The van der Waals surface area contributed by atoms with E-state index < -0.39 is 50.2 Å². The van der Waals surface area contributed by atoms with E-state index in [0.29, 0.717) is 0 Å². The van der Waals surface area contributed by atoms with E-state index in [1.165, 1.54) is 6.20 Å². The van der Waals surface area contributed by atoms with Crippen molar-refractivity contribution in [3.63, 3.8) is 0 Å². The fourth-order valence-electron chi connectivity index (χ4n) is 2.36. The van der Waals surface area contributed by atoms with E-state index in [-0.39, 0.29) is 0 Å². The van der Waals surface area contributed by atoms with Gasteiger partial charge in [-0.3, -0.25) is 27.9 Å². The number of aliphatic hydroxyl groups excluding tert-OH is 1. The number of nitrogens with one attached hydrogen (secondary N) is 1. The third-order valence-corrected chi connectivity index (χ3v) is 4.77. The lowest BCUT2D eigenvalue weighted by Crippen LogP contribution is -2.36. The number of phosphoric acid groups is 1. The zero-order valence-corrected chi connectivity index (χ0v) is 11.8. The molecule has 1 aromatic rings. The highest BCUT2D eigenvalue weighted by Gasteiger charge is 2.58. The van der Waals surface area contributed by atoms with Gasteiger partial charge in [0.2, 0.25) is 0 Å². The van der Waals surface area contributed by atoms with Crippen LogP contribution in [-0.4, -0.2) is 46.7 Å². The van der Waals surface area contributed by atoms with Gasteiger partial charge in [0.15, 0.2) is 6.23 Å². The van der Waals surface area contributed by atoms with Gasteiger partial charge in [-0.1, -0.05) is 0 Å². The summed E-state index contributed by atoms with van der Waals surface area (Å²) < 4.78 is 33.7. The van der Waals surface area contributed by atoms with Crippen molar-refractivity contribution in [3.05, 3.63) is 33.1 Å². The molecule has 0 amide bonds. The van der Waals surface area contributed by atoms with Crippen LogP contribution in [0.25, 0.3) is 0 Å². The van der Waals surface area contributed by atoms with Crippen LogP contribution in [0.3, 0.4) is 0 Å². The van der Waals surface area contributed by atoms with Crippen molar-refractivity contribution in [2.45, 2.75) is 24.5 Å². The van der Waals surface area contributed by atoms with Crippen LogP contribution in [-0.2, 0) is 22.9 Å². The summed E-state index contributed by atoms with van der Waals surface area (Å²) in [6, 6.07) is 1.14. The zero-order chi connectivity index (χ0) is 15.2. The normalized spacial score (nSPS) is 38.6. The summed E-state index contributed by atoms with van der Waals surface area (Å²) >= 11 is 0. The number of aliphatic hydroxyl groups is 1. The maximum absolute atomic E-state index is 12.0. The highest BCUT2D eigenvalue weighted by molar-refractivity contribution is 7.48. The van der Waals surface area contributed by atoms with Crippen molar-refractivity contribution < 1.29 is 28.0 Å². The Morgan fingerprint density at radius 3 is 2.76 bits per heavy atom. The quantitative estimate of drug-likeness (QED) is 0.676. The molecule has 5 atom stereocenters. The van der Waals surface area contributed by atoms with Gasteiger partial charge >= 0.3 is 13.5 Å². The van der Waals surface area contributed by atoms with Gasteiger partial charge in [0, 0.05) is 19.4 Å². The average Bonchev–Trinajstić information content (AvgIpc) is 2.94. The van der Waals surface area contributed by atoms with Gasteiger partial charge < -0.3 is 9.84 Å². The van der Waals surface area contributed by atoms with E-state index in [1.807, 2.05) is 0 Å². The number of phosphoric ester groups is 1. The van der Waals surface area contributed by atoms with Crippen LogP contribution >= 0.6 is 7.82 Å². The van der Waals surface area contributed by atoms with Gasteiger partial charge in [0.25, 0.3) is 5.56 Å². The van der Waals surface area contributed by atoms with Crippen LogP contribution in [0.2, 0.25) is 0 Å². The van der Waals surface area contributed by atoms with Crippen LogP contribution in [0.15, 0.2) is 21.9 Å². The molecule has 116 valence electrons. The number of H-pyrrole nitrogens is 1. The molecule has 3 rings (SSSR count). The third-order valence-electron chi connectivity index (χ3n) is 3.32. The van der Waals surface area contributed by atoms with Crippen LogP contribution in [0, 0.1) is 0 Å². The minimum Gasteiger partial charge on any atom is -0.394 e. The Kier molecular flexibility index (Phi) is 3.60. The summed E-state index contributed by atoms with van der Waals surface area (Å²) in [6.07, 6.45) is -2.35. The molecule has 10 nitrogen and oxygen atoms in total. The molecule has 2 fully saturated rings. The molecule has 0 radical (unpaired) electrons. The molecule has 2 aliphatic heterocycles. The van der Waals surface area contributed by atoms with Crippen molar-refractivity contribution >= 4 is 7.82 Å². The molecule has 0 saturated carbocycles. The lowest BCUT2D eigenvalue weighted by Gasteiger charge is -2.19. The Morgan fingerprint density at radius 2 is 2.14 bits per heavy atom. The molecule has 2 aliphatic rings. The predicted molar refractivity (Wildman–Crippen MR) is 66.7 cm³/mol. The van der Waals surface area contributed by atoms with Crippen molar-refractivity contribution in [1.82, 2.24) is 9.55 Å². The topological polar surface area (TPSA) is 129 Å². The molecule has 2 saturated heterocycles. The van der Waals surface area contributed by atoms with Crippen molar-refractivity contribution in [2.24, 2.45) is 0 Å². The molecule has 2 N–H and O–H groups in total. The van der Waals surface area contributed by atoms with Crippen LogP contribution in [0.4, 0.5) is 0 Å². The van der Waals surface area contributed by atoms with Crippen LogP contribution in [0.1, 0.15) is 6.23 Å². The SMILES string of the molecule is COP1(=O)OC2C(O1)[C@@H](CO)O[C@H]2n1ccc(=O)[nH]c1=O. The first kappa shape index (κ1) is 14.6. The lowest BCUT2D eigenvalue weighted by molar-refractivity contribution is -0.0632. The summed E-state index contributed by atoms with van der Waals surface area (Å²) in [7, 11) is -2.58. The van der Waals surface area contributed by atoms with Crippen molar-refractivity contribution in [3.8, 4) is 0 Å². The number of hydrogen-bond donors (Lipinski definition) is 2. The molecule has 0 aliphatic carbocycles. The maximum atomic E-state index is 12.0. The van der Waals surface area contributed by atoms with Gasteiger partial charge in [0.05, 0.1) is 6.61 Å². The lowest BCUT2D eigenvalue weighted by atomic mass is 10.1. The summed E-state index contributed by atoms with van der Waals surface area (Å²) in [6.45, 7) is -0.414. The zero-order valence-electron chi connectivity index (χ0n) is 10.9. The van der Waals surface area contributed by atoms with E-state index in [4.69, 9.17) is 18.3 Å².